The van der Waals surface area contributed by atoms with Gasteiger partial charge in [-0.2, -0.15) is 5.10 Å². The topological polar surface area (TPSA) is 69.8 Å². The Morgan fingerprint density at radius 3 is 2.56 bits per heavy atom. The van der Waals surface area contributed by atoms with Crippen LogP contribution in [0.5, 0.6) is 0 Å². The summed E-state index contributed by atoms with van der Waals surface area (Å²) < 4.78 is 29.9. The highest BCUT2D eigenvalue weighted by molar-refractivity contribution is 7.90. The van der Waals surface area contributed by atoms with Crippen LogP contribution in [0.1, 0.15) is 38.2 Å². The zero-order valence-corrected chi connectivity index (χ0v) is 19.1. The Kier molecular flexibility index (Phi) is 5.21. The molecule has 1 aliphatic rings. The van der Waals surface area contributed by atoms with E-state index in [4.69, 9.17) is 0 Å². The second-order valence-corrected chi connectivity index (χ2v) is 10.2. The molecule has 1 aliphatic carbocycles. The molecule has 0 radical (unpaired) electrons. The molecule has 6 nitrogen and oxygen atoms in total. The van der Waals surface area contributed by atoms with E-state index < -0.39 is 10.0 Å². The second-order valence-electron chi connectivity index (χ2n) is 8.43. The van der Waals surface area contributed by atoms with Crippen LogP contribution in [0.25, 0.3) is 27.7 Å². The first-order valence-corrected chi connectivity index (χ1v) is 12.4. The Labute approximate surface area is 188 Å². The third-order valence-electron chi connectivity index (χ3n) is 6.40. The van der Waals surface area contributed by atoms with Crippen molar-refractivity contribution >= 4 is 26.6 Å². The Balaban J connectivity index is 1.69. The lowest BCUT2D eigenvalue weighted by molar-refractivity contribution is 0.470. The van der Waals surface area contributed by atoms with Gasteiger partial charge >= 0.3 is 0 Å². The predicted molar refractivity (Wildman–Crippen MR) is 127 cm³/mol. The van der Waals surface area contributed by atoms with Crippen LogP contribution in [-0.2, 0) is 17.1 Å². The molecule has 32 heavy (non-hydrogen) atoms. The Hall–Kier alpha value is -3.19. The molecule has 4 aromatic rings. The number of aromatic nitrogens is 4. The summed E-state index contributed by atoms with van der Waals surface area (Å²) in [4.78, 5) is 4.89. The van der Waals surface area contributed by atoms with Gasteiger partial charge in [0.1, 0.15) is 0 Å². The lowest BCUT2D eigenvalue weighted by Gasteiger charge is -2.20. The maximum Gasteiger partial charge on any atom is 0.269 e. The zero-order chi connectivity index (χ0) is 22.3. The van der Waals surface area contributed by atoms with Crippen molar-refractivity contribution in [3.05, 3.63) is 72.8 Å². The maximum atomic E-state index is 13.4. The van der Waals surface area contributed by atoms with Gasteiger partial charge in [-0.3, -0.25) is 4.68 Å². The van der Waals surface area contributed by atoms with Crippen molar-refractivity contribution in [2.24, 2.45) is 13.0 Å². The standard InChI is InChI=1S/C25H26N4O2S/c1-3-18-9-11-19(12-10-18)20-13-23-24(21-15-27-28(2)16-21)17-29(25(23)26-14-20)32(30,31)22-7-5-4-6-8-22/h4-8,11,13-18H,3,9-10,12H2,1-2H3. The molecule has 0 bridgehead atoms. The van der Waals surface area contributed by atoms with Crippen molar-refractivity contribution in [2.45, 2.75) is 37.5 Å². The maximum absolute atomic E-state index is 13.4. The van der Waals surface area contributed by atoms with E-state index in [1.54, 1.807) is 47.4 Å². The van der Waals surface area contributed by atoms with E-state index in [0.717, 1.165) is 40.8 Å². The molecule has 164 valence electrons. The summed E-state index contributed by atoms with van der Waals surface area (Å²) in [5.41, 5.74) is 4.46. The fraction of sp³-hybridized carbons (Fsp3) is 0.280. The normalized spacial score (nSPS) is 16.9. The van der Waals surface area contributed by atoms with E-state index in [0.29, 0.717) is 5.65 Å². The van der Waals surface area contributed by atoms with Gasteiger partial charge in [0.15, 0.2) is 5.65 Å². The minimum absolute atomic E-state index is 0.237. The van der Waals surface area contributed by atoms with Crippen LogP contribution in [0.15, 0.2) is 72.2 Å². The first kappa shape index (κ1) is 20.7. The number of aryl methyl sites for hydroxylation is 1. The second kappa shape index (κ2) is 8.06. The first-order chi connectivity index (χ1) is 15.5. The van der Waals surface area contributed by atoms with E-state index >= 15 is 0 Å². The van der Waals surface area contributed by atoms with Gasteiger partial charge in [-0.05, 0) is 54.5 Å². The molecule has 0 amide bonds. The number of rotatable bonds is 5. The van der Waals surface area contributed by atoms with Crippen LogP contribution in [-0.4, -0.2) is 27.2 Å². The number of hydrogen-bond donors (Lipinski definition) is 0. The van der Waals surface area contributed by atoms with Gasteiger partial charge in [-0.15, -0.1) is 0 Å². The minimum atomic E-state index is -3.78. The largest absolute Gasteiger partial charge is 0.275 e. The molecule has 0 N–H and O–H groups in total. The van der Waals surface area contributed by atoms with Gasteiger partial charge in [0.05, 0.1) is 11.1 Å². The van der Waals surface area contributed by atoms with E-state index in [9.17, 15) is 8.42 Å². The number of benzene rings is 1. The summed E-state index contributed by atoms with van der Waals surface area (Å²) in [6.07, 6.45) is 13.9. The highest BCUT2D eigenvalue weighted by atomic mass is 32.2. The van der Waals surface area contributed by atoms with Gasteiger partial charge in [0.25, 0.3) is 10.0 Å². The summed E-state index contributed by atoms with van der Waals surface area (Å²) in [6.45, 7) is 2.24. The van der Waals surface area contributed by atoms with E-state index in [2.05, 4.69) is 29.1 Å². The monoisotopic (exact) mass is 446 g/mol. The molecule has 0 fully saturated rings. The molecule has 0 spiro atoms. The number of fused-ring (bicyclic) bond motifs is 1. The fourth-order valence-electron chi connectivity index (χ4n) is 4.46. The highest BCUT2D eigenvalue weighted by Gasteiger charge is 2.24. The predicted octanol–water partition coefficient (Wildman–Crippen LogP) is 5.27. The quantitative estimate of drug-likeness (QED) is 0.419. The van der Waals surface area contributed by atoms with Gasteiger partial charge in [0, 0.05) is 42.2 Å². The van der Waals surface area contributed by atoms with Crippen LogP contribution in [0.2, 0.25) is 0 Å². The van der Waals surface area contributed by atoms with Crippen molar-refractivity contribution in [1.82, 2.24) is 18.7 Å². The highest BCUT2D eigenvalue weighted by Crippen LogP contribution is 2.36. The van der Waals surface area contributed by atoms with Crippen LogP contribution in [0.3, 0.4) is 0 Å². The molecule has 1 atom stereocenters. The van der Waals surface area contributed by atoms with Crippen molar-refractivity contribution < 1.29 is 8.42 Å². The lowest BCUT2D eigenvalue weighted by atomic mass is 9.85. The third kappa shape index (κ3) is 3.56. The van der Waals surface area contributed by atoms with Gasteiger partial charge in [-0.25, -0.2) is 17.4 Å². The molecular formula is C25H26N4O2S. The summed E-state index contributed by atoms with van der Waals surface area (Å²) >= 11 is 0. The van der Waals surface area contributed by atoms with Crippen molar-refractivity contribution in [3.8, 4) is 11.1 Å². The molecule has 0 saturated carbocycles. The summed E-state index contributed by atoms with van der Waals surface area (Å²) in [7, 11) is -1.93. The molecule has 3 heterocycles. The Bertz CT molecular complexity index is 1410. The molecule has 0 saturated heterocycles. The summed E-state index contributed by atoms with van der Waals surface area (Å²) in [5, 5.41) is 5.10. The zero-order valence-electron chi connectivity index (χ0n) is 18.3. The Morgan fingerprint density at radius 2 is 1.91 bits per heavy atom. The van der Waals surface area contributed by atoms with Crippen molar-refractivity contribution in [2.75, 3.05) is 0 Å². The van der Waals surface area contributed by atoms with Crippen LogP contribution >= 0.6 is 0 Å². The molecule has 1 unspecified atom stereocenters. The third-order valence-corrected chi connectivity index (χ3v) is 8.06. The van der Waals surface area contributed by atoms with Crippen LogP contribution in [0.4, 0.5) is 0 Å². The van der Waals surface area contributed by atoms with Crippen molar-refractivity contribution in [3.63, 3.8) is 0 Å². The molecule has 3 aromatic heterocycles. The van der Waals surface area contributed by atoms with E-state index in [-0.39, 0.29) is 4.90 Å². The summed E-state index contributed by atoms with van der Waals surface area (Å²) in [6, 6.07) is 10.6. The first-order valence-electron chi connectivity index (χ1n) is 11.0. The van der Waals surface area contributed by atoms with Gasteiger partial charge in [0.2, 0.25) is 0 Å². The molecule has 5 rings (SSSR count). The van der Waals surface area contributed by atoms with E-state index in [1.807, 2.05) is 19.4 Å². The molecule has 0 aliphatic heterocycles. The smallest absolute Gasteiger partial charge is 0.269 e. The van der Waals surface area contributed by atoms with Crippen LogP contribution in [0, 0.1) is 5.92 Å². The number of nitrogens with zero attached hydrogens (tertiary/aromatic N) is 4. The van der Waals surface area contributed by atoms with Crippen LogP contribution < -0.4 is 0 Å². The SMILES string of the molecule is CCC1CC=C(c2cnc3c(c2)c(-c2cnn(C)c2)cn3S(=O)(=O)c2ccccc2)CC1. The molecule has 1 aromatic carbocycles. The van der Waals surface area contributed by atoms with E-state index in [1.165, 1.54) is 22.4 Å². The Morgan fingerprint density at radius 1 is 1.09 bits per heavy atom. The average Bonchev–Trinajstić information content (AvgIpc) is 3.43. The molecule has 7 heteroatoms. The summed E-state index contributed by atoms with van der Waals surface area (Å²) in [5.74, 6) is 0.749. The minimum Gasteiger partial charge on any atom is -0.275 e. The van der Waals surface area contributed by atoms with Gasteiger partial charge in [-0.1, -0.05) is 37.6 Å². The fourth-order valence-corrected chi connectivity index (χ4v) is 5.80. The lowest BCUT2D eigenvalue weighted by Crippen LogP contribution is -2.12. The number of allylic oxidation sites excluding steroid dienone is 2. The average molecular weight is 447 g/mol. The van der Waals surface area contributed by atoms with Crippen molar-refractivity contribution in [1.29, 1.82) is 0 Å². The van der Waals surface area contributed by atoms with Gasteiger partial charge < -0.3 is 0 Å². The number of hydrogen-bond acceptors (Lipinski definition) is 4. The number of pyridine rings is 1. The molecular weight excluding hydrogens is 420 g/mol.